The molecule has 0 radical (unpaired) electrons. The Morgan fingerprint density at radius 1 is 1.11 bits per heavy atom. The molecule has 0 spiro atoms. The summed E-state index contributed by atoms with van der Waals surface area (Å²) in [6.45, 7) is -0.217. The monoisotopic (exact) mass is 388 g/mol. The molecule has 3 rings (SSSR count). The van der Waals surface area contributed by atoms with Crippen molar-refractivity contribution in [2.75, 3.05) is 13.4 Å². The van der Waals surface area contributed by atoms with E-state index in [2.05, 4.69) is 0 Å². The van der Waals surface area contributed by atoms with Gasteiger partial charge < -0.3 is 13.9 Å². The van der Waals surface area contributed by atoms with Crippen molar-refractivity contribution in [1.29, 1.82) is 0 Å². The maximum absolute atomic E-state index is 12.4. The molecule has 0 aliphatic carbocycles. The molecule has 1 heterocycles. The van der Waals surface area contributed by atoms with Gasteiger partial charge in [0, 0.05) is 29.3 Å². The Bertz CT molecular complexity index is 1180. The van der Waals surface area contributed by atoms with E-state index in [4.69, 9.17) is 13.9 Å². The van der Waals surface area contributed by atoms with E-state index in [0.29, 0.717) is 22.3 Å². The topological polar surface area (TPSA) is 99.9 Å². The number of fused-ring (bicyclic) bond motifs is 1. The van der Waals surface area contributed by atoms with Gasteiger partial charge in [-0.2, -0.15) is 0 Å². The Hall–Kier alpha value is -3.13. The van der Waals surface area contributed by atoms with Crippen molar-refractivity contribution in [2.24, 2.45) is 0 Å². The zero-order chi connectivity index (χ0) is 19.6. The van der Waals surface area contributed by atoms with Gasteiger partial charge >= 0.3 is 11.6 Å². The maximum Gasteiger partial charge on any atom is 0.339 e. The quantitative estimate of drug-likeness (QED) is 0.489. The van der Waals surface area contributed by atoms with Gasteiger partial charge in [0.05, 0.1) is 17.6 Å². The van der Waals surface area contributed by atoms with Gasteiger partial charge in [0.1, 0.15) is 17.9 Å². The third-order valence-corrected chi connectivity index (χ3v) is 5.06. The highest BCUT2D eigenvalue weighted by atomic mass is 32.2. The molecule has 0 saturated heterocycles. The average molecular weight is 388 g/mol. The van der Waals surface area contributed by atoms with Crippen molar-refractivity contribution in [3.05, 3.63) is 70.1 Å². The van der Waals surface area contributed by atoms with Crippen molar-refractivity contribution < 1.29 is 27.1 Å². The van der Waals surface area contributed by atoms with Crippen LogP contribution in [0, 0.1) is 0 Å². The molecular weight excluding hydrogens is 372 g/mol. The fourth-order valence-electron chi connectivity index (χ4n) is 2.64. The van der Waals surface area contributed by atoms with Crippen molar-refractivity contribution in [3.8, 4) is 5.75 Å². The van der Waals surface area contributed by atoms with Gasteiger partial charge in [-0.1, -0.05) is 12.1 Å². The second-order valence-electron chi connectivity index (χ2n) is 5.80. The predicted octanol–water partition coefficient (Wildman–Crippen LogP) is 2.56. The van der Waals surface area contributed by atoms with Crippen LogP contribution in [0.5, 0.6) is 5.75 Å². The lowest BCUT2D eigenvalue weighted by Gasteiger charge is -2.10. The van der Waals surface area contributed by atoms with Crippen LogP contribution in [-0.2, 0) is 21.2 Å². The molecule has 0 N–H and O–H groups in total. The van der Waals surface area contributed by atoms with E-state index < -0.39 is 21.4 Å². The number of carbonyl (C=O) groups excluding carboxylic acids is 1. The van der Waals surface area contributed by atoms with Crippen molar-refractivity contribution in [3.63, 3.8) is 0 Å². The maximum atomic E-state index is 12.4. The number of hydrogen-bond acceptors (Lipinski definition) is 7. The van der Waals surface area contributed by atoms with E-state index in [9.17, 15) is 18.0 Å². The number of ether oxygens (including phenoxy) is 2. The molecule has 140 valence electrons. The first-order valence-electron chi connectivity index (χ1n) is 7.86. The summed E-state index contributed by atoms with van der Waals surface area (Å²) in [5, 5.41) is 0.583. The average Bonchev–Trinajstić information content (AvgIpc) is 2.64. The summed E-state index contributed by atoms with van der Waals surface area (Å²) >= 11 is 0. The molecular formula is C19H16O7S. The molecule has 0 fully saturated rings. The van der Waals surface area contributed by atoms with Crippen LogP contribution in [0.1, 0.15) is 15.9 Å². The van der Waals surface area contributed by atoms with Crippen LogP contribution in [0.3, 0.4) is 0 Å². The van der Waals surface area contributed by atoms with Crippen LogP contribution in [0.25, 0.3) is 11.0 Å². The highest BCUT2D eigenvalue weighted by molar-refractivity contribution is 7.90. The highest BCUT2D eigenvalue weighted by Crippen LogP contribution is 2.24. The van der Waals surface area contributed by atoms with Crippen molar-refractivity contribution in [1.82, 2.24) is 0 Å². The normalized spacial score (nSPS) is 11.3. The summed E-state index contributed by atoms with van der Waals surface area (Å²) in [5.41, 5.74) is 0.0748. The second kappa shape index (κ2) is 7.24. The first-order valence-corrected chi connectivity index (χ1v) is 9.76. The largest absolute Gasteiger partial charge is 0.497 e. The van der Waals surface area contributed by atoms with Crippen molar-refractivity contribution in [2.45, 2.75) is 11.5 Å². The fraction of sp³-hybridized carbons (Fsp3) is 0.158. The number of rotatable bonds is 5. The zero-order valence-electron chi connectivity index (χ0n) is 14.6. The summed E-state index contributed by atoms with van der Waals surface area (Å²) in [5.74, 6) is -0.284. The molecule has 3 aromatic rings. The van der Waals surface area contributed by atoms with Crippen LogP contribution >= 0.6 is 0 Å². The minimum absolute atomic E-state index is 0.0612. The highest BCUT2D eigenvalue weighted by Gasteiger charge is 2.19. The van der Waals surface area contributed by atoms with Crippen LogP contribution in [0.4, 0.5) is 0 Å². The molecule has 0 atom stereocenters. The lowest BCUT2D eigenvalue weighted by molar-refractivity contribution is 0.0469. The van der Waals surface area contributed by atoms with E-state index in [1.807, 2.05) is 0 Å². The lowest BCUT2D eigenvalue weighted by Crippen LogP contribution is -2.12. The van der Waals surface area contributed by atoms with Crippen molar-refractivity contribution >= 4 is 26.8 Å². The molecule has 7 nitrogen and oxygen atoms in total. The van der Waals surface area contributed by atoms with E-state index in [1.54, 1.807) is 24.3 Å². The van der Waals surface area contributed by atoms with Gasteiger partial charge in [0.25, 0.3) is 0 Å². The first kappa shape index (κ1) is 18.7. The van der Waals surface area contributed by atoms with Gasteiger partial charge in [-0.25, -0.2) is 18.0 Å². The molecule has 0 unspecified atom stereocenters. The van der Waals surface area contributed by atoms with Crippen LogP contribution in [-0.4, -0.2) is 27.8 Å². The standard InChI is InChI=1S/C19H16O7S/c1-24-13-7-8-14-12(9-18(20)26-16(14)10-13)11-25-19(21)15-5-3-4-6-17(15)27(2,22)23/h3-10H,11H2,1-2H3. The molecule has 8 heteroatoms. The van der Waals surface area contributed by atoms with Gasteiger partial charge in [0.15, 0.2) is 9.84 Å². The zero-order valence-corrected chi connectivity index (χ0v) is 15.4. The minimum Gasteiger partial charge on any atom is -0.497 e. The number of hydrogen-bond donors (Lipinski definition) is 0. The molecule has 2 aromatic carbocycles. The first-order chi connectivity index (χ1) is 12.8. The summed E-state index contributed by atoms with van der Waals surface area (Å²) in [4.78, 5) is 24.1. The Morgan fingerprint density at radius 3 is 2.56 bits per heavy atom. The SMILES string of the molecule is COc1ccc2c(COC(=O)c3ccccc3S(C)(=O)=O)cc(=O)oc2c1. The molecule has 0 aliphatic heterocycles. The third kappa shape index (κ3) is 4.01. The molecule has 0 bridgehead atoms. The Morgan fingerprint density at radius 2 is 1.85 bits per heavy atom. The van der Waals surface area contributed by atoms with Gasteiger partial charge in [-0.05, 0) is 24.3 Å². The number of benzene rings is 2. The molecule has 1 aromatic heterocycles. The summed E-state index contributed by atoms with van der Waals surface area (Å²) in [6, 6.07) is 11.9. The van der Waals surface area contributed by atoms with Crippen LogP contribution < -0.4 is 10.4 Å². The van der Waals surface area contributed by atoms with Gasteiger partial charge in [-0.15, -0.1) is 0 Å². The Labute approximate surface area is 155 Å². The fourth-order valence-corrected chi connectivity index (χ4v) is 3.51. The van der Waals surface area contributed by atoms with Crippen LogP contribution in [0.15, 0.2) is 62.6 Å². The Balaban J connectivity index is 1.92. The Kier molecular flexibility index (Phi) is 5.00. The molecule has 0 aliphatic rings. The summed E-state index contributed by atoms with van der Waals surface area (Å²) in [7, 11) is -2.10. The van der Waals surface area contributed by atoms with Crippen LogP contribution in [0.2, 0.25) is 0 Å². The van der Waals surface area contributed by atoms with E-state index >= 15 is 0 Å². The van der Waals surface area contributed by atoms with E-state index in [0.717, 1.165) is 6.26 Å². The van der Waals surface area contributed by atoms with Gasteiger partial charge in [0.2, 0.25) is 0 Å². The predicted molar refractivity (Wildman–Crippen MR) is 97.7 cm³/mol. The number of carbonyl (C=O) groups is 1. The van der Waals surface area contributed by atoms with E-state index in [1.165, 1.54) is 31.4 Å². The third-order valence-electron chi connectivity index (χ3n) is 3.90. The number of methoxy groups -OCH3 is 1. The molecule has 27 heavy (non-hydrogen) atoms. The minimum atomic E-state index is -3.59. The van der Waals surface area contributed by atoms with Gasteiger partial charge in [-0.3, -0.25) is 0 Å². The second-order valence-corrected chi connectivity index (χ2v) is 7.78. The molecule has 0 amide bonds. The molecule has 0 saturated carbocycles. The summed E-state index contributed by atoms with van der Waals surface area (Å²) < 4.78 is 39.2. The van der Waals surface area contributed by atoms with E-state index in [-0.39, 0.29) is 17.1 Å². The number of sulfone groups is 1. The lowest BCUT2D eigenvalue weighted by atomic mass is 10.1. The number of esters is 1. The summed E-state index contributed by atoms with van der Waals surface area (Å²) in [6.07, 6.45) is 1.02. The smallest absolute Gasteiger partial charge is 0.339 e.